The molecule has 0 atom stereocenters. The van der Waals surface area contributed by atoms with E-state index in [1.165, 1.54) is 0 Å². The van der Waals surface area contributed by atoms with Crippen molar-refractivity contribution in [3.63, 3.8) is 0 Å². The summed E-state index contributed by atoms with van der Waals surface area (Å²) in [5, 5.41) is 3.96. The topological polar surface area (TPSA) is 113 Å². The summed E-state index contributed by atoms with van der Waals surface area (Å²) >= 11 is 0. The highest BCUT2D eigenvalue weighted by Gasteiger charge is 2.22. The Bertz CT molecular complexity index is 1500. The molecular weight excluding hydrogens is 454 g/mol. The summed E-state index contributed by atoms with van der Waals surface area (Å²) in [6.45, 7) is 2.91. The van der Waals surface area contributed by atoms with Crippen molar-refractivity contribution in [1.29, 1.82) is 0 Å². The molecule has 0 aliphatic carbocycles. The highest BCUT2D eigenvalue weighted by atomic mass is 16.5. The molecule has 0 amide bonds. The third-order valence-electron chi connectivity index (χ3n) is 5.83. The van der Waals surface area contributed by atoms with Crippen LogP contribution in [-0.4, -0.2) is 38.7 Å². The smallest absolute Gasteiger partial charge is 0.227 e. The van der Waals surface area contributed by atoms with Crippen molar-refractivity contribution in [3.05, 3.63) is 67.1 Å². The van der Waals surface area contributed by atoms with Crippen LogP contribution in [0.1, 0.15) is 13.3 Å². The Labute approximate surface area is 209 Å². The number of hydrogen-bond acceptors (Lipinski definition) is 8. The number of nitrogen functional groups attached to an aromatic ring is 1. The number of hydrogen-bond donors (Lipinski definition) is 2. The van der Waals surface area contributed by atoms with Gasteiger partial charge in [0.2, 0.25) is 5.95 Å². The van der Waals surface area contributed by atoms with E-state index in [1.807, 2.05) is 48.7 Å². The fourth-order valence-electron chi connectivity index (χ4n) is 4.32. The normalized spacial score (nSPS) is 11.0. The molecule has 0 saturated carbocycles. The monoisotopic (exact) mass is 481 g/mol. The molecule has 0 radical (unpaired) electrons. The highest BCUT2D eigenvalue weighted by Crippen LogP contribution is 2.45. The molecule has 3 N–H and O–H groups in total. The van der Waals surface area contributed by atoms with Crippen LogP contribution in [0.5, 0.6) is 11.5 Å². The summed E-state index contributed by atoms with van der Waals surface area (Å²) in [6.07, 6.45) is 6.33. The SMILES string of the molecule is CCCn1cc(Nc2ncccn2)cc1-c1nc(N)c2c(-c3ccccc3)c(OC)c(OC)cc2n1. The zero-order valence-electron chi connectivity index (χ0n) is 20.4. The Morgan fingerprint density at radius 2 is 1.75 bits per heavy atom. The number of aryl methyl sites for hydroxylation is 1. The maximum Gasteiger partial charge on any atom is 0.227 e. The van der Waals surface area contributed by atoms with Gasteiger partial charge in [0.25, 0.3) is 0 Å². The molecule has 9 nitrogen and oxygen atoms in total. The molecule has 3 aromatic heterocycles. The van der Waals surface area contributed by atoms with Crippen molar-refractivity contribution in [2.45, 2.75) is 19.9 Å². The Kier molecular flexibility index (Phi) is 6.36. The fourth-order valence-corrected chi connectivity index (χ4v) is 4.32. The van der Waals surface area contributed by atoms with E-state index in [1.54, 1.807) is 32.7 Å². The number of nitrogens with one attached hydrogen (secondary N) is 1. The van der Waals surface area contributed by atoms with E-state index < -0.39 is 0 Å². The maximum absolute atomic E-state index is 6.61. The first-order valence-electron chi connectivity index (χ1n) is 11.6. The number of nitrogens with two attached hydrogens (primary N) is 1. The lowest BCUT2D eigenvalue weighted by Gasteiger charge is -2.17. The van der Waals surface area contributed by atoms with Gasteiger partial charge in [0.1, 0.15) is 5.82 Å². The Balaban J connectivity index is 1.69. The van der Waals surface area contributed by atoms with Gasteiger partial charge in [0, 0.05) is 36.8 Å². The van der Waals surface area contributed by atoms with Gasteiger partial charge in [-0.3, -0.25) is 0 Å². The van der Waals surface area contributed by atoms with Gasteiger partial charge < -0.3 is 25.1 Å². The maximum atomic E-state index is 6.61. The first kappa shape index (κ1) is 23.1. The van der Waals surface area contributed by atoms with Crippen molar-refractivity contribution < 1.29 is 9.47 Å². The van der Waals surface area contributed by atoms with Crippen LogP contribution >= 0.6 is 0 Å². The standard InChI is InChI=1S/C27H27N7O2/c1-4-13-34-16-18(31-27-29-11-8-12-30-27)14-20(34)26-32-19-15-21(35-2)24(36-3)22(23(19)25(28)33-26)17-9-6-5-7-10-17/h5-12,14-16H,4,13H2,1-3H3,(H2,28,32,33)(H,29,30,31). The largest absolute Gasteiger partial charge is 0.493 e. The molecule has 0 spiro atoms. The quantitative estimate of drug-likeness (QED) is 0.307. The van der Waals surface area contributed by atoms with Crippen LogP contribution in [0.15, 0.2) is 67.1 Å². The molecule has 0 aliphatic rings. The van der Waals surface area contributed by atoms with Crippen molar-refractivity contribution in [2.24, 2.45) is 0 Å². The molecule has 0 unspecified atom stereocenters. The van der Waals surface area contributed by atoms with Crippen molar-refractivity contribution >= 4 is 28.4 Å². The van der Waals surface area contributed by atoms with Gasteiger partial charge >= 0.3 is 0 Å². The molecule has 5 aromatic rings. The van der Waals surface area contributed by atoms with Crippen LogP contribution in [0.25, 0.3) is 33.5 Å². The lowest BCUT2D eigenvalue weighted by atomic mass is 9.98. The molecule has 36 heavy (non-hydrogen) atoms. The molecule has 182 valence electrons. The highest BCUT2D eigenvalue weighted by molar-refractivity contribution is 6.06. The number of anilines is 3. The number of benzene rings is 2. The molecule has 0 aliphatic heterocycles. The van der Waals surface area contributed by atoms with Crippen molar-refractivity contribution in [1.82, 2.24) is 24.5 Å². The summed E-state index contributed by atoms with van der Waals surface area (Å²) in [6, 6.07) is 15.5. The fraction of sp³-hybridized carbons (Fsp3) is 0.185. The van der Waals surface area contributed by atoms with E-state index in [9.17, 15) is 0 Å². The summed E-state index contributed by atoms with van der Waals surface area (Å²) in [7, 11) is 3.23. The predicted molar refractivity (Wildman–Crippen MR) is 142 cm³/mol. The predicted octanol–water partition coefficient (Wildman–Crippen LogP) is 5.31. The van der Waals surface area contributed by atoms with E-state index in [0.717, 1.165) is 35.5 Å². The summed E-state index contributed by atoms with van der Waals surface area (Å²) in [5.74, 6) is 2.55. The van der Waals surface area contributed by atoms with E-state index in [2.05, 4.69) is 26.8 Å². The number of methoxy groups -OCH3 is 2. The number of ether oxygens (including phenoxy) is 2. The molecule has 3 heterocycles. The molecule has 0 fully saturated rings. The van der Waals surface area contributed by atoms with Crippen LogP contribution in [0.4, 0.5) is 17.5 Å². The number of fused-ring (bicyclic) bond motifs is 1. The zero-order valence-corrected chi connectivity index (χ0v) is 20.4. The second-order valence-electron chi connectivity index (χ2n) is 8.18. The van der Waals surface area contributed by atoms with E-state index in [4.69, 9.17) is 25.2 Å². The van der Waals surface area contributed by atoms with Gasteiger partial charge in [0.05, 0.1) is 36.5 Å². The number of aromatic nitrogens is 5. The van der Waals surface area contributed by atoms with Crippen molar-refractivity contribution in [2.75, 3.05) is 25.3 Å². The van der Waals surface area contributed by atoms with Crippen LogP contribution < -0.4 is 20.5 Å². The van der Waals surface area contributed by atoms with Crippen molar-refractivity contribution in [3.8, 4) is 34.1 Å². The molecule has 9 heteroatoms. The number of nitrogens with zero attached hydrogens (tertiary/aromatic N) is 5. The average molecular weight is 482 g/mol. The van der Waals surface area contributed by atoms with Gasteiger partial charge in [-0.2, -0.15) is 0 Å². The third-order valence-corrected chi connectivity index (χ3v) is 5.83. The third kappa shape index (κ3) is 4.26. The van der Waals surface area contributed by atoms with Crippen LogP contribution in [-0.2, 0) is 6.54 Å². The van der Waals surface area contributed by atoms with Crippen LogP contribution in [0.2, 0.25) is 0 Å². The summed E-state index contributed by atoms with van der Waals surface area (Å²) < 4.78 is 13.5. The van der Waals surface area contributed by atoms with Gasteiger partial charge in [-0.15, -0.1) is 0 Å². The molecule has 2 aromatic carbocycles. The molecular formula is C27H27N7O2. The van der Waals surface area contributed by atoms with E-state index in [-0.39, 0.29) is 0 Å². The molecule has 5 rings (SSSR count). The van der Waals surface area contributed by atoms with Gasteiger partial charge in [-0.25, -0.2) is 19.9 Å². The van der Waals surface area contributed by atoms with Crippen LogP contribution in [0.3, 0.4) is 0 Å². The lowest BCUT2D eigenvalue weighted by molar-refractivity contribution is 0.357. The second kappa shape index (κ2) is 9.91. The van der Waals surface area contributed by atoms with Gasteiger partial charge in [-0.05, 0) is 24.1 Å². The Hall–Kier alpha value is -4.66. The lowest BCUT2D eigenvalue weighted by Crippen LogP contribution is -2.05. The Morgan fingerprint density at radius 3 is 2.44 bits per heavy atom. The molecule has 0 bridgehead atoms. The van der Waals surface area contributed by atoms with E-state index >= 15 is 0 Å². The second-order valence-corrected chi connectivity index (χ2v) is 8.18. The average Bonchev–Trinajstić information content (AvgIpc) is 3.30. The zero-order chi connectivity index (χ0) is 25.1. The van der Waals surface area contributed by atoms with Gasteiger partial charge in [0.15, 0.2) is 17.3 Å². The number of rotatable bonds is 8. The minimum Gasteiger partial charge on any atom is -0.493 e. The first-order chi connectivity index (χ1) is 17.6. The van der Waals surface area contributed by atoms with Crippen LogP contribution in [0, 0.1) is 0 Å². The van der Waals surface area contributed by atoms with E-state index in [0.29, 0.717) is 40.0 Å². The van der Waals surface area contributed by atoms with Gasteiger partial charge in [-0.1, -0.05) is 37.3 Å². The Morgan fingerprint density at radius 1 is 0.972 bits per heavy atom. The summed E-state index contributed by atoms with van der Waals surface area (Å²) in [4.78, 5) is 18.2. The summed E-state index contributed by atoms with van der Waals surface area (Å²) in [5.41, 5.74) is 10.7. The molecule has 0 saturated heterocycles. The minimum atomic E-state index is 0.361. The minimum absolute atomic E-state index is 0.361. The first-order valence-corrected chi connectivity index (χ1v) is 11.6.